The normalized spacial score (nSPS) is 24.6. The first-order chi connectivity index (χ1) is 9.86. The molecule has 3 atom stereocenters. The van der Waals surface area contributed by atoms with E-state index in [2.05, 4.69) is 5.32 Å². The minimum absolute atomic E-state index is 0.118. The van der Waals surface area contributed by atoms with Crippen LogP contribution >= 0.6 is 0 Å². The number of para-hydroxylation sites is 1. The molecule has 1 fully saturated rings. The van der Waals surface area contributed by atoms with Crippen molar-refractivity contribution in [1.82, 2.24) is 0 Å². The largest absolute Gasteiger partial charge is 0.391 e. The fraction of sp³-hybridized carbons (Fsp3) is 0.600. The van der Waals surface area contributed by atoms with Crippen LogP contribution in [0.1, 0.15) is 31.2 Å². The molecule has 2 nitrogen and oxygen atoms in total. The van der Waals surface area contributed by atoms with Gasteiger partial charge in [0.15, 0.2) is 0 Å². The van der Waals surface area contributed by atoms with Crippen LogP contribution in [0.4, 0.5) is 18.9 Å². The van der Waals surface area contributed by atoms with Gasteiger partial charge in [0, 0.05) is 28.8 Å². The minimum atomic E-state index is -4.11. The van der Waals surface area contributed by atoms with Crippen LogP contribution < -0.4 is 5.32 Å². The number of alkyl halides is 3. The van der Waals surface area contributed by atoms with E-state index >= 15 is 0 Å². The molecule has 0 spiro atoms. The van der Waals surface area contributed by atoms with E-state index in [4.69, 9.17) is 0 Å². The molecule has 1 aliphatic carbocycles. The summed E-state index contributed by atoms with van der Waals surface area (Å²) in [4.78, 5) is 0. The van der Waals surface area contributed by atoms with Crippen molar-refractivity contribution in [3.05, 3.63) is 29.8 Å². The number of hydrogen-bond donors (Lipinski definition) is 1. The van der Waals surface area contributed by atoms with Gasteiger partial charge in [-0.3, -0.25) is 4.21 Å². The van der Waals surface area contributed by atoms with Crippen LogP contribution in [0.15, 0.2) is 24.3 Å². The van der Waals surface area contributed by atoms with Gasteiger partial charge < -0.3 is 5.32 Å². The predicted octanol–water partition coefficient (Wildman–Crippen LogP) is 4.10. The summed E-state index contributed by atoms with van der Waals surface area (Å²) in [7, 11) is -0.974. The summed E-state index contributed by atoms with van der Waals surface area (Å²) in [5, 5.41) is 3.22. The Kier molecular flexibility index (Phi) is 5.30. The van der Waals surface area contributed by atoms with Crippen molar-refractivity contribution in [2.75, 3.05) is 11.6 Å². The molecule has 21 heavy (non-hydrogen) atoms. The smallest absolute Gasteiger partial charge is 0.382 e. The lowest BCUT2D eigenvalue weighted by Crippen LogP contribution is -2.34. The highest BCUT2D eigenvalue weighted by Gasteiger charge is 2.42. The molecule has 0 unspecified atom stereocenters. The van der Waals surface area contributed by atoms with Gasteiger partial charge in [-0.25, -0.2) is 0 Å². The van der Waals surface area contributed by atoms with Crippen LogP contribution in [0.5, 0.6) is 0 Å². The number of hydrogen-bond acceptors (Lipinski definition) is 2. The minimum Gasteiger partial charge on any atom is -0.382 e. The molecule has 6 heteroatoms. The van der Waals surface area contributed by atoms with E-state index in [0.717, 1.165) is 17.7 Å². The molecule has 1 aromatic rings. The number of benzene rings is 1. The second kappa shape index (κ2) is 6.81. The summed E-state index contributed by atoms with van der Waals surface area (Å²) in [6.45, 7) is 0. The zero-order chi connectivity index (χ0) is 15.5. The maximum Gasteiger partial charge on any atom is 0.391 e. The first-order valence-electron chi connectivity index (χ1n) is 7.07. The number of nitrogens with one attached hydrogen (secondary N) is 1. The van der Waals surface area contributed by atoms with Crippen LogP contribution in [0.3, 0.4) is 0 Å². The second-order valence-corrected chi connectivity index (χ2v) is 7.06. The number of anilines is 1. The third-order valence-electron chi connectivity index (χ3n) is 3.87. The van der Waals surface area contributed by atoms with Crippen LogP contribution in [-0.2, 0) is 16.6 Å². The van der Waals surface area contributed by atoms with Crippen molar-refractivity contribution in [3.8, 4) is 0 Å². The molecule has 0 bridgehead atoms. The Hall–Kier alpha value is -1.04. The summed E-state index contributed by atoms with van der Waals surface area (Å²) in [5.74, 6) is -0.797. The van der Waals surface area contributed by atoms with Gasteiger partial charge in [-0.15, -0.1) is 0 Å². The van der Waals surface area contributed by atoms with Crippen LogP contribution in [0.25, 0.3) is 0 Å². The average molecular weight is 319 g/mol. The van der Waals surface area contributed by atoms with Gasteiger partial charge >= 0.3 is 6.18 Å². The van der Waals surface area contributed by atoms with Crippen LogP contribution in [-0.4, -0.2) is 22.7 Å². The summed E-state index contributed by atoms with van der Waals surface area (Å²) in [6.07, 6.45) is -0.808. The van der Waals surface area contributed by atoms with E-state index in [1.165, 1.54) is 0 Å². The Labute approximate surface area is 125 Å². The summed E-state index contributed by atoms with van der Waals surface area (Å²) >= 11 is 0. The molecule has 0 aliphatic heterocycles. The van der Waals surface area contributed by atoms with E-state index in [9.17, 15) is 17.4 Å². The third-order valence-corrected chi connectivity index (χ3v) is 4.59. The zero-order valence-corrected chi connectivity index (χ0v) is 12.8. The van der Waals surface area contributed by atoms with E-state index < -0.39 is 22.9 Å². The Bertz CT molecular complexity index is 504. The van der Waals surface area contributed by atoms with Gasteiger partial charge in [0.25, 0.3) is 0 Å². The lowest BCUT2D eigenvalue weighted by molar-refractivity contribution is -0.182. The topological polar surface area (TPSA) is 29.1 Å². The Morgan fingerprint density at radius 3 is 2.67 bits per heavy atom. The first kappa shape index (κ1) is 16.3. The van der Waals surface area contributed by atoms with Gasteiger partial charge in [0.2, 0.25) is 0 Å². The van der Waals surface area contributed by atoms with E-state index in [-0.39, 0.29) is 18.9 Å². The van der Waals surface area contributed by atoms with Gasteiger partial charge in [0.05, 0.1) is 11.7 Å². The molecule has 0 saturated heterocycles. The number of halogens is 3. The van der Waals surface area contributed by atoms with Crippen molar-refractivity contribution in [3.63, 3.8) is 0 Å². The maximum absolute atomic E-state index is 12.8. The molecule has 1 aromatic carbocycles. The summed E-state index contributed by atoms with van der Waals surface area (Å²) in [5.41, 5.74) is 1.70. The monoisotopic (exact) mass is 319 g/mol. The molecule has 0 heterocycles. The fourth-order valence-electron chi connectivity index (χ4n) is 2.84. The molecule has 2 rings (SSSR count). The first-order valence-corrected chi connectivity index (χ1v) is 8.80. The highest BCUT2D eigenvalue weighted by molar-refractivity contribution is 7.83. The Balaban J connectivity index is 2.06. The molecule has 1 N–H and O–H groups in total. The number of rotatable bonds is 4. The quantitative estimate of drug-likeness (QED) is 0.905. The van der Waals surface area contributed by atoms with Crippen LogP contribution in [0.2, 0.25) is 0 Å². The molecule has 0 aromatic heterocycles. The molecule has 1 saturated carbocycles. The van der Waals surface area contributed by atoms with Gasteiger partial charge in [-0.1, -0.05) is 24.6 Å². The zero-order valence-electron chi connectivity index (χ0n) is 12.0. The molecule has 118 valence electrons. The lowest BCUT2D eigenvalue weighted by atomic mass is 9.85. The molecule has 0 radical (unpaired) electrons. The van der Waals surface area contributed by atoms with E-state index in [0.29, 0.717) is 12.2 Å². The highest BCUT2D eigenvalue weighted by Crippen LogP contribution is 2.38. The maximum atomic E-state index is 12.8. The standard InChI is InChI=1S/C15H20F3NOS/c1-21(20)10-11-5-2-3-8-14(11)19-13-7-4-6-12(9-13)15(16,17)18/h2-3,5,8,12-13,19H,4,6-7,9-10H2,1H3/t12-,13-,21+/m1/s1. The Morgan fingerprint density at radius 1 is 1.29 bits per heavy atom. The molecular weight excluding hydrogens is 299 g/mol. The fourth-order valence-corrected chi connectivity index (χ4v) is 3.53. The second-order valence-electron chi connectivity index (χ2n) is 5.62. The average Bonchev–Trinajstić information content (AvgIpc) is 2.40. The molecular formula is C15H20F3NOS. The SMILES string of the molecule is C[S@](=O)Cc1ccccc1N[C@@H]1CCC[C@@H](C(F)(F)F)C1. The van der Waals surface area contributed by atoms with E-state index in [1.807, 2.05) is 24.3 Å². The van der Waals surface area contributed by atoms with Gasteiger partial charge in [-0.05, 0) is 30.9 Å². The predicted molar refractivity (Wildman–Crippen MR) is 79.6 cm³/mol. The summed E-state index contributed by atoms with van der Waals surface area (Å²) < 4.78 is 49.9. The highest BCUT2D eigenvalue weighted by atomic mass is 32.2. The van der Waals surface area contributed by atoms with Gasteiger partial charge in [-0.2, -0.15) is 13.2 Å². The van der Waals surface area contributed by atoms with Crippen molar-refractivity contribution >= 4 is 16.5 Å². The van der Waals surface area contributed by atoms with Crippen molar-refractivity contribution in [1.29, 1.82) is 0 Å². The molecule has 1 aliphatic rings. The molecule has 0 amide bonds. The van der Waals surface area contributed by atoms with Crippen molar-refractivity contribution in [2.45, 2.75) is 43.7 Å². The summed E-state index contributed by atoms with van der Waals surface area (Å²) in [6, 6.07) is 7.24. The lowest BCUT2D eigenvalue weighted by Gasteiger charge is -2.32. The van der Waals surface area contributed by atoms with E-state index in [1.54, 1.807) is 6.26 Å². The van der Waals surface area contributed by atoms with Crippen molar-refractivity contribution < 1.29 is 17.4 Å². The van der Waals surface area contributed by atoms with Crippen molar-refractivity contribution in [2.24, 2.45) is 5.92 Å². The van der Waals surface area contributed by atoms with Crippen LogP contribution in [0, 0.1) is 5.92 Å². The third kappa shape index (κ3) is 4.73. The van der Waals surface area contributed by atoms with Gasteiger partial charge in [0.1, 0.15) is 0 Å². The Morgan fingerprint density at radius 2 is 2.00 bits per heavy atom.